The van der Waals surface area contributed by atoms with Crippen LogP contribution in [-0.4, -0.2) is 15.0 Å². The van der Waals surface area contributed by atoms with Crippen molar-refractivity contribution >= 4 is 21.5 Å². The van der Waals surface area contributed by atoms with Crippen molar-refractivity contribution in [3.63, 3.8) is 0 Å². The first-order chi connectivity index (χ1) is 27.7. The van der Waals surface area contributed by atoms with Gasteiger partial charge < -0.3 is 0 Å². The van der Waals surface area contributed by atoms with Crippen LogP contribution >= 0.6 is 0 Å². The molecule has 1 aliphatic rings. The fourth-order valence-electron chi connectivity index (χ4n) is 8.35. The molecule has 10 aromatic rings. The van der Waals surface area contributed by atoms with Crippen molar-refractivity contribution in [2.24, 2.45) is 0 Å². The largest absolute Gasteiger partial charge is 0.208 e. The summed E-state index contributed by atoms with van der Waals surface area (Å²) in [6.07, 6.45) is 0. The summed E-state index contributed by atoms with van der Waals surface area (Å²) in [5.41, 5.74) is 15.4. The van der Waals surface area contributed by atoms with Gasteiger partial charge in [0.25, 0.3) is 0 Å². The molecule has 0 saturated carbocycles. The zero-order chi connectivity index (χ0) is 37.0. The highest BCUT2D eigenvalue weighted by molar-refractivity contribution is 6.18. The number of hydrogen-bond donors (Lipinski definition) is 0. The minimum absolute atomic E-state index is 0.650. The fourth-order valence-corrected chi connectivity index (χ4v) is 8.35. The van der Waals surface area contributed by atoms with E-state index in [1.165, 1.54) is 71.6 Å². The molecule has 0 spiro atoms. The molecule has 11 rings (SSSR count). The lowest BCUT2D eigenvalue weighted by molar-refractivity contribution is 1.07. The van der Waals surface area contributed by atoms with Crippen LogP contribution in [0.3, 0.4) is 0 Å². The van der Waals surface area contributed by atoms with Crippen molar-refractivity contribution in [2.75, 3.05) is 0 Å². The van der Waals surface area contributed by atoms with E-state index in [2.05, 4.69) is 140 Å². The third kappa shape index (κ3) is 5.40. The first kappa shape index (κ1) is 32.0. The Balaban J connectivity index is 0.900. The molecule has 3 nitrogen and oxygen atoms in total. The summed E-state index contributed by atoms with van der Waals surface area (Å²) in [5, 5.41) is 5.08. The van der Waals surface area contributed by atoms with Crippen LogP contribution in [0.2, 0.25) is 0 Å². The molecular formula is C53H33N3. The molecule has 1 aliphatic carbocycles. The second-order valence-electron chi connectivity index (χ2n) is 14.4. The minimum atomic E-state index is 0.650. The average molecular weight is 712 g/mol. The second kappa shape index (κ2) is 13.1. The van der Waals surface area contributed by atoms with Gasteiger partial charge in [0.15, 0.2) is 17.5 Å². The summed E-state index contributed by atoms with van der Waals surface area (Å²) in [5.74, 6) is 1.97. The van der Waals surface area contributed by atoms with Gasteiger partial charge in [0.1, 0.15) is 0 Å². The Morgan fingerprint density at radius 1 is 0.232 bits per heavy atom. The minimum Gasteiger partial charge on any atom is -0.208 e. The van der Waals surface area contributed by atoms with Crippen LogP contribution in [0.25, 0.3) is 111 Å². The maximum Gasteiger partial charge on any atom is 0.164 e. The number of aromatic nitrogens is 3. The van der Waals surface area contributed by atoms with Gasteiger partial charge in [-0.2, -0.15) is 0 Å². The third-order valence-corrected chi connectivity index (χ3v) is 11.1. The molecule has 0 unspecified atom stereocenters. The van der Waals surface area contributed by atoms with Crippen molar-refractivity contribution in [1.82, 2.24) is 15.0 Å². The van der Waals surface area contributed by atoms with Gasteiger partial charge in [-0.1, -0.05) is 194 Å². The van der Waals surface area contributed by atoms with Gasteiger partial charge in [-0.15, -0.1) is 0 Å². The molecule has 1 heterocycles. The number of fused-ring (bicyclic) bond motifs is 4. The number of rotatable bonds is 6. The summed E-state index contributed by atoms with van der Waals surface area (Å²) >= 11 is 0. The van der Waals surface area contributed by atoms with E-state index in [1.807, 2.05) is 60.7 Å². The van der Waals surface area contributed by atoms with Gasteiger partial charge in [-0.05, 0) is 83.2 Å². The van der Waals surface area contributed by atoms with E-state index >= 15 is 0 Å². The van der Waals surface area contributed by atoms with Gasteiger partial charge in [0.2, 0.25) is 0 Å². The molecule has 0 bridgehead atoms. The maximum absolute atomic E-state index is 4.92. The Kier molecular flexibility index (Phi) is 7.49. The van der Waals surface area contributed by atoms with Crippen LogP contribution in [0.1, 0.15) is 0 Å². The predicted molar refractivity (Wildman–Crippen MR) is 232 cm³/mol. The van der Waals surface area contributed by atoms with Crippen molar-refractivity contribution in [3.8, 4) is 89.8 Å². The lowest BCUT2D eigenvalue weighted by Gasteiger charge is -2.12. The molecule has 0 fully saturated rings. The fraction of sp³-hybridized carbons (Fsp3) is 0. The Morgan fingerprint density at radius 3 is 1.29 bits per heavy atom. The highest BCUT2D eigenvalue weighted by Crippen LogP contribution is 2.49. The van der Waals surface area contributed by atoms with Crippen LogP contribution in [0, 0.1) is 0 Å². The summed E-state index contributed by atoms with van der Waals surface area (Å²) in [6, 6.07) is 71.2. The Bertz CT molecular complexity index is 3010. The van der Waals surface area contributed by atoms with E-state index in [4.69, 9.17) is 15.0 Å². The van der Waals surface area contributed by atoms with Crippen LogP contribution in [0.15, 0.2) is 200 Å². The van der Waals surface area contributed by atoms with Gasteiger partial charge in [-0.25, -0.2) is 15.0 Å². The van der Waals surface area contributed by atoms with Crippen molar-refractivity contribution in [2.45, 2.75) is 0 Å². The van der Waals surface area contributed by atoms with Crippen molar-refractivity contribution in [3.05, 3.63) is 200 Å². The predicted octanol–water partition coefficient (Wildman–Crippen LogP) is 13.8. The van der Waals surface area contributed by atoms with Crippen LogP contribution < -0.4 is 0 Å². The van der Waals surface area contributed by atoms with Gasteiger partial charge in [-0.3, -0.25) is 0 Å². The Labute approximate surface area is 325 Å². The number of hydrogen-bond acceptors (Lipinski definition) is 3. The lowest BCUT2D eigenvalue weighted by atomic mass is 9.92. The number of benzene rings is 9. The number of nitrogens with zero attached hydrogens (tertiary/aromatic N) is 3. The van der Waals surface area contributed by atoms with Crippen molar-refractivity contribution < 1.29 is 0 Å². The quantitative estimate of drug-likeness (QED) is 0.172. The second-order valence-corrected chi connectivity index (χ2v) is 14.4. The van der Waals surface area contributed by atoms with Crippen molar-refractivity contribution in [1.29, 1.82) is 0 Å². The van der Waals surface area contributed by atoms with E-state index in [9.17, 15) is 0 Å². The molecule has 0 amide bonds. The topological polar surface area (TPSA) is 38.7 Å². The van der Waals surface area contributed by atoms with Gasteiger partial charge in [0, 0.05) is 16.7 Å². The zero-order valence-corrected chi connectivity index (χ0v) is 30.4. The average Bonchev–Trinajstić information content (AvgIpc) is 3.61. The highest BCUT2D eigenvalue weighted by atomic mass is 15.0. The van der Waals surface area contributed by atoms with E-state index in [0.29, 0.717) is 17.5 Å². The molecule has 9 aromatic carbocycles. The molecule has 0 radical (unpaired) electrons. The molecular weight excluding hydrogens is 679 g/mol. The molecule has 0 atom stereocenters. The van der Waals surface area contributed by atoms with Crippen LogP contribution in [-0.2, 0) is 0 Å². The van der Waals surface area contributed by atoms with E-state index in [0.717, 1.165) is 22.3 Å². The third-order valence-electron chi connectivity index (χ3n) is 11.1. The molecule has 0 aliphatic heterocycles. The first-order valence-corrected chi connectivity index (χ1v) is 19.0. The molecule has 0 N–H and O–H groups in total. The maximum atomic E-state index is 4.92. The Morgan fingerprint density at radius 2 is 0.661 bits per heavy atom. The van der Waals surface area contributed by atoms with E-state index in [1.54, 1.807) is 0 Å². The summed E-state index contributed by atoms with van der Waals surface area (Å²) in [7, 11) is 0. The summed E-state index contributed by atoms with van der Waals surface area (Å²) < 4.78 is 0. The van der Waals surface area contributed by atoms with Gasteiger partial charge in [0.05, 0.1) is 0 Å². The normalized spacial score (nSPS) is 11.6. The van der Waals surface area contributed by atoms with E-state index in [-0.39, 0.29) is 0 Å². The molecule has 0 saturated heterocycles. The standard InChI is InChI=1S/C53H33N3/c1-3-11-37(12-4-1)51-54-52(38-13-5-2-6-14-38)56-53(55-51)39-27-25-35(26-28-39)42-18-9-15-41-33-40(29-30-44(41)42)34-21-23-36(24-22-34)43-31-32-49-46-17-8-7-16-45(46)48-20-10-19-47(43)50(48)49/h1-33H. The summed E-state index contributed by atoms with van der Waals surface area (Å²) in [4.78, 5) is 14.7. The SMILES string of the molecule is c1ccc(-c2nc(-c3ccccc3)nc(-c3ccc(-c4cccc5cc(-c6ccc(-c7ccc8c9c(cccc79)-c7ccccc7-8)cc6)ccc45)cc3)n2)cc1. The van der Waals surface area contributed by atoms with E-state index < -0.39 is 0 Å². The zero-order valence-electron chi connectivity index (χ0n) is 30.4. The monoisotopic (exact) mass is 711 g/mol. The lowest BCUT2D eigenvalue weighted by Crippen LogP contribution is -2.00. The molecule has 1 aromatic heterocycles. The van der Waals surface area contributed by atoms with Gasteiger partial charge >= 0.3 is 0 Å². The molecule has 3 heteroatoms. The molecule has 56 heavy (non-hydrogen) atoms. The molecule has 260 valence electrons. The van der Waals surface area contributed by atoms with Crippen LogP contribution in [0.4, 0.5) is 0 Å². The first-order valence-electron chi connectivity index (χ1n) is 19.0. The Hall–Kier alpha value is -7.49. The smallest absolute Gasteiger partial charge is 0.164 e. The highest BCUT2D eigenvalue weighted by Gasteiger charge is 2.22. The van der Waals surface area contributed by atoms with Crippen LogP contribution in [0.5, 0.6) is 0 Å². The summed E-state index contributed by atoms with van der Waals surface area (Å²) in [6.45, 7) is 0.